The van der Waals surface area contributed by atoms with Crippen LogP contribution in [0.25, 0.3) is 11.3 Å². The zero-order valence-corrected chi connectivity index (χ0v) is 18.7. The zero-order valence-electron chi connectivity index (χ0n) is 17.2. The van der Waals surface area contributed by atoms with Gasteiger partial charge in [0, 0.05) is 16.6 Å². The number of H-pyrrole nitrogens is 1. The van der Waals surface area contributed by atoms with Crippen molar-refractivity contribution in [3.8, 4) is 11.3 Å². The molecule has 2 aromatic rings. The van der Waals surface area contributed by atoms with Crippen LogP contribution in [0.3, 0.4) is 0 Å². The summed E-state index contributed by atoms with van der Waals surface area (Å²) >= 11 is 3.49. The van der Waals surface area contributed by atoms with E-state index in [1.54, 1.807) is 0 Å². The predicted octanol–water partition coefficient (Wildman–Crippen LogP) is 4.19. The number of rotatable bonds is 5. The first-order chi connectivity index (χ1) is 13.8. The Kier molecular flexibility index (Phi) is 6.62. The molecule has 1 aromatic carbocycles. The molecule has 156 valence electrons. The van der Waals surface area contributed by atoms with Gasteiger partial charge in [0.15, 0.2) is 0 Å². The van der Waals surface area contributed by atoms with Gasteiger partial charge in [-0.1, -0.05) is 35.8 Å². The molecule has 0 radical (unpaired) electrons. The normalized spacial score (nSPS) is 17.4. The quantitative estimate of drug-likeness (QED) is 0.696. The van der Waals surface area contributed by atoms with Crippen LogP contribution >= 0.6 is 15.9 Å². The van der Waals surface area contributed by atoms with E-state index in [9.17, 15) is 9.59 Å². The molecule has 1 saturated heterocycles. The second kappa shape index (κ2) is 8.98. The lowest BCUT2D eigenvalue weighted by Crippen LogP contribution is -2.51. The first-order valence-electron chi connectivity index (χ1n) is 9.78. The number of halogens is 1. The number of aromatic amines is 1. The van der Waals surface area contributed by atoms with Crippen LogP contribution < -0.4 is 5.32 Å². The lowest BCUT2D eigenvalue weighted by atomic mass is 10.0. The third-order valence-corrected chi connectivity index (χ3v) is 5.81. The Morgan fingerprint density at radius 1 is 1.38 bits per heavy atom. The number of alkyl carbamates (subject to hydrolysis) is 1. The standard InChI is InChI=1S/C21H27BrN4O3/c1-12(2)18(25-21(28)29-4)20(27)26-9-5-6-17(26)19-23-11-16(24-19)15-8-7-14(22)10-13(15)3/h7-8,10-12,17-18H,5-6,9H2,1-4H3,(H,23,24)(H,25,28)/t17-,18-/m0/s1. The number of hydrogen-bond donors (Lipinski definition) is 2. The lowest BCUT2D eigenvalue weighted by molar-refractivity contribution is -0.135. The van der Waals surface area contributed by atoms with E-state index in [1.807, 2.05) is 37.1 Å². The van der Waals surface area contributed by atoms with Crippen LogP contribution in [0.15, 0.2) is 28.9 Å². The highest BCUT2D eigenvalue weighted by Gasteiger charge is 2.37. The molecule has 2 heterocycles. The minimum Gasteiger partial charge on any atom is -0.453 e. The fraction of sp³-hybridized carbons (Fsp3) is 0.476. The highest BCUT2D eigenvalue weighted by Crippen LogP contribution is 2.33. The molecule has 2 N–H and O–H groups in total. The van der Waals surface area contributed by atoms with Crippen molar-refractivity contribution in [1.82, 2.24) is 20.2 Å². The second-order valence-electron chi connectivity index (χ2n) is 7.69. The summed E-state index contributed by atoms with van der Waals surface area (Å²) in [5, 5.41) is 2.67. The van der Waals surface area contributed by atoms with E-state index >= 15 is 0 Å². The van der Waals surface area contributed by atoms with E-state index in [0.717, 1.165) is 40.0 Å². The molecule has 8 heteroatoms. The van der Waals surface area contributed by atoms with Crippen LogP contribution in [0.2, 0.25) is 0 Å². The van der Waals surface area contributed by atoms with E-state index in [1.165, 1.54) is 7.11 Å². The molecular formula is C21H27BrN4O3. The lowest BCUT2D eigenvalue weighted by Gasteiger charge is -2.30. The summed E-state index contributed by atoms with van der Waals surface area (Å²) < 4.78 is 5.72. The van der Waals surface area contributed by atoms with E-state index < -0.39 is 12.1 Å². The van der Waals surface area contributed by atoms with Gasteiger partial charge in [-0.15, -0.1) is 0 Å². The number of nitrogens with one attached hydrogen (secondary N) is 2. The number of amides is 2. The number of carbonyl (C=O) groups excluding carboxylic acids is 2. The van der Waals surface area contributed by atoms with Gasteiger partial charge in [-0.05, 0) is 43.4 Å². The molecule has 7 nitrogen and oxygen atoms in total. The zero-order chi connectivity index (χ0) is 21.1. The molecule has 0 saturated carbocycles. The third kappa shape index (κ3) is 4.63. The van der Waals surface area contributed by atoms with Gasteiger partial charge in [0.1, 0.15) is 11.9 Å². The number of carbonyl (C=O) groups is 2. The highest BCUT2D eigenvalue weighted by molar-refractivity contribution is 9.10. The van der Waals surface area contributed by atoms with Gasteiger partial charge >= 0.3 is 6.09 Å². The molecule has 2 atom stereocenters. The largest absolute Gasteiger partial charge is 0.453 e. The van der Waals surface area contributed by atoms with Crippen molar-refractivity contribution in [2.24, 2.45) is 5.92 Å². The fourth-order valence-corrected chi connectivity index (χ4v) is 4.24. The topological polar surface area (TPSA) is 87.3 Å². The maximum absolute atomic E-state index is 13.2. The minimum absolute atomic E-state index is 0.0552. The van der Waals surface area contributed by atoms with Gasteiger partial charge in [0.25, 0.3) is 0 Å². The summed E-state index contributed by atoms with van der Waals surface area (Å²) in [6.45, 7) is 6.51. The molecule has 3 rings (SSSR count). The third-order valence-electron chi connectivity index (χ3n) is 5.32. The number of aromatic nitrogens is 2. The van der Waals surface area contributed by atoms with E-state index in [2.05, 4.69) is 48.9 Å². The van der Waals surface area contributed by atoms with Crippen molar-refractivity contribution in [1.29, 1.82) is 0 Å². The van der Waals surface area contributed by atoms with Crippen molar-refractivity contribution in [2.45, 2.75) is 45.7 Å². The maximum Gasteiger partial charge on any atom is 0.407 e. The SMILES string of the molecule is COC(=O)N[C@H](C(=O)N1CCC[C@H]1c1ncc(-c2ccc(Br)cc2C)[nH]1)C(C)C. The van der Waals surface area contributed by atoms with Crippen LogP contribution in [0, 0.1) is 12.8 Å². The summed E-state index contributed by atoms with van der Waals surface area (Å²) in [6.07, 6.45) is 2.95. The number of benzene rings is 1. The number of hydrogen-bond acceptors (Lipinski definition) is 4. The average molecular weight is 463 g/mol. The summed E-state index contributed by atoms with van der Waals surface area (Å²) in [7, 11) is 1.30. The van der Waals surface area contributed by atoms with Crippen molar-refractivity contribution in [3.63, 3.8) is 0 Å². The Labute approximate surface area is 179 Å². The van der Waals surface area contributed by atoms with Gasteiger partial charge in [-0.3, -0.25) is 4.79 Å². The molecule has 29 heavy (non-hydrogen) atoms. The highest BCUT2D eigenvalue weighted by atomic mass is 79.9. The van der Waals surface area contributed by atoms with Crippen LogP contribution in [0.5, 0.6) is 0 Å². The van der Waals surface area contributed by atoms with Crippen LogP contribution in [-0.2, 0) is 9.53 Å². The molecule has 2 amide bonds. The fourth-order valence-electron chi connectivity index (χ4n) is 3.76. The van der Waals surface area contributed by atoms with Gasteiger partial charge in [0.2, 0.25) is 5.91 Å². The molecule has 0 aliphatic carbocycles. The van der Waals surface area contributed by atoms with E-state index in [-0.39, 0.29) is 17.9 Å². The van der Waals surface area contributed by atoms with Crippen molar-refractivity contribution >= 4 is 27.9 Å². The van der Waals surface area contributed by atoms with Crippen LogP contribution in [-0.4, -0.2) is 46.6 Å². The Balaban J connectivity index is 1.82. The summed E-state index contributed by atoms with van der Waals surface area (Å²) in [4.78, 5) is 34.7. The van der Waals surface area contributed by atoms with Crippen molar-refractivity contribution < 1.29 is 14.3 Å². The number of aryl methyl sites for hydroxylation is 1. The first-order valence-corrected chi connectivity index (χ1v) is 10.6. The monoisotopic (exact) mass is 462 g/mol. The van der Waals surface area contributed by atoms with Gasteiger partial charge < -0.3 is 19.9 Å². The first kappa shape index (κ1) is 21.4. The number of ether oxygens (including phenoxy) is 1. The second-order valence-corrected chi connectivity index (χ2v) is 8.60. The Morgan fingerprint density at radius 2 is 2.14 bits per heavy atom. The number of nitrogens with zero attached hydrogens (tertiary/aromatic N) is 2. The molecular weight excluding hydrogens is 436 g/mol. The van der Waals surface area contributed by atoms with Gasteiger partial charge in [-0.2, -0.15) is 0 Å². The molecule has 1 aliphatic rings. The number of methoxy groups -OCH3 is 1. The summed E-state index contributed by atoms with van der Waals surface area (Å²) in [5.74, 6) is 0.611. The van der Waals surface area contributed by atoms with Gasteiger partial charge in [-0.25, -0.2) is 9.78 Å². The van der Waals surface area contributed by atoms with Crippen LogP contribution in [0.1, 0.15) is 44.1 Å². The number of likely N-dealkylation sites (tertiary alicyclic amines) is 1. The molecule has 1 fully saturated rings. The molecule has 0 bridgehead atoms. The Bertz CT molecular complexity index is 896. The van der Waals surface area contributed by atoms with E-state index in [0.29, 0.717) is 6.54 Å². The van der Waals surface area contributed by atoms with Crippen molar-refractivity contribution in [3.05, 3.63) is 40.3 Å². The maximum atomic E-state index is 13.2. The summed E-state index contributed by atoms with van der Waals surface area (Å²) in [5.41, 5.74) is 3.14. The molecule has 1 aromatic heterocycles. The van der Waals surface area contributed by atoms with E-state index in [4.69, 9.17) is 0 Å². The average Bonchev–Trinajstić information content (AvgIpc) is 3.34. The predicted molar refractivity (Wildman–Crippen MR) is 114 cm³/mol. The number of imidazole rings is 1. The Morgan fingerprint density at radius 3 is 2.79 bits per heavy atom. The van der Waals surface area contributed by atoms with Gasteiger partial charge in [0.05, 0.1) is 25.0 Å². The smallest absolute Gasteiger partial charge is 0.407 e. The molecule has 0 spiro atoms. The van der Waals surface area contributed by atoms with Crippen molar-refractivity contribution in [2.75, 3.05) is 13.7 Å². The minimum atomic E-state index is -0.633. The Hall–Kier alpha value is -2.35. The summed E-state index contributed by atoms with van der Waals surface area (Å²) in [6, 6.07) is 5.34. The molecule has 0 unspecified atom stereocenters. The molecule has 1 aliphatic heterocycles. The van der Waals surface area contributed by atoms with Crippen LogP contribution in [0.4, 0.5) is 4.79 Å².